The summed E-state index contributed by atoms with van der Waals surface area (Å²) in [6, 6.07) is 5.93. The first-order valence-electron chi connectivity index (χ1n) is 3.26. The molecule has 3 heteroatoms. The third-order valence-corrected chi connectivity index (χ3v) is 1.19. The molecule has 1 aromatic rings. The molecule has 0 aliphatic heterocycles. The largest absolute Gasteiger partial charge is 0.359 e. The van der Waals surface area contributed by atoms with Gasteiger partial charge in [0.05, 0.1) is 5.56 Å². The molecule has 0 saturated heterocycles. The van der Waals surface area contributed by atoms with Crippen LogP contribution in [0, 0.1) is 17.7 Å². The molecular weight excluding hydrogens is 157 g/mol. The molecule has 0 aromatic heterocycles. The molecule has 1 rings (SSSR count). The van der Waals surface area contributed by atoms with E-state index in [1.54, 1.807) is 12.1 Å². The van der Waals surface area contributed by atoms with Crippen molar-refractivity contribution < 1.29 is 9.18 Å². The van der Waals surface area contributed by atoms with Crippen LogP contribution in [0.2, 0.25) is 0 Å². The molecule has 1 aromatic carbocycles. The number of nitrogens with two attached hydrogens (primary N) is 1. The normalized spacial score (nSPS) is 8.42. The van der Waals surface area contributed by atoms with Crippen LogP contribution in [0.25, 0.3) is 0 Å². The van der Waals surface area contributed by atoms with Crippen molar-refractivity contribution in [2.45, 2.75) is 0 Å². The molecule has 0 aliphatic carbocycles. The summed E-state index contributed by atoms with van der Waals surface area (Å²) in [6.45, 7) is 0. The Morgan fingerprint density at radius 3 is 2.67 bits per heavy atom. The number of primary amides is 1. The molecule has 0 aliphatic rings. The van der Waals surface area contributed by atoms with Crippen LogP contribution in [0.1, 0.15) is 5.56 Å². The van der Waals surface area contributed by atoms with Gasteiger partial charge >= 0.3 is 0 Å². The van der Waals surface area contributed by atoms with Crippen molar-refractivity contribution >= 4 is 5.91 Å². The van der Waals surface area contributed by atoms with E-state index < -0.39 is 11.7 Å². The Morgan fingerprint density at radius 1 is 1.42 bits per heavy atom. The summed E-state index contributed by atoms with van der Waals surface area (Å²) in [6.07, 6.45) is 0. The van der Waals surface area contributed by atoms with Gasteiger partial charge in [0, 0.05) is 5.92 Å². The first kappa shape index (κ1) is 8.28. The van der Waals surface area contributed by atoms with Gasteiger partial charge in [-0.25, -0.2) is 4.39 Å². The standard InChI is InChI=1S/C9H6FNO/c10-8-4-2-1-3-7(8)5-6-9(11)12/h1-4H,(H2,11,12). The number of hydrogen-bond acceptors (Lipinski definition) is 1. The summed E-state index contributed by atoms with van der Waals surface area (Å²) in [5.74, 6) is 3.15. The molecule has 0 bridgehead atoms. The van der Waals surface area contributed by atoms with Crippen LogP contribution in [-0.2, 0) is 4.79 Å². The van der Waals surface area contributed by atoms with Gasteiger partial charge in [-0.1, -0.05) is 18.1 Å². The third kappa shape index (κ3) is 2.10. The predicted octanol–water partition coefficient (Wildman–Crippen LogP) is 0.663. The summed E-state index contributed by atoms with van der Waals surface area (Å²) >= 11 is 0. The molecule has 0 heterocycles. The topological polar surface area (TPSA) is 43.1 Å². The van der Waals surface area contributed by atoms with E-state index in [-0.39, 0.29) is 5.56 Å². The number of hydrogen-bond donors (Lipinski definition) is 1. The Labute approximate surface area is 69.2 Å². The minimum Gasteiger partial charge on any atom is -0.359 e. The second-order valence-electron chi connectivity index (χ2n) is 2.09. The maximum absolute atomic E-state index is 12.8. The van der Waals surface area contributed by atoms with Crippen molar-refractivity contribution in [2.24, 2.45) is 5.73 Å². The van der Waals surface area contributed by atoms with Gasteiger partial charge < -0.3 is 5.73 Å². The zero-order valence-corrected chi connectivity index (χ0v) is 6.17. The number of carbonyl (C=O) groups is 1. The van der Waals surface area contributed by atoms with Gasteiger partial charge in [-0.2, -0.15) is 0 Å². The molecule has 12 heavy (non-hydrogen) atoms. The van der Waals surface area contributed by atoms with E-state index in [0.29, 0.717) is 0 Å². The van der Waals surface area contributed by atoms with Crippen molar-refractivity contribution in [2.75, 3.05) is 0 Å². The number of benzene rings is 1. The Hall–Kier alpha value is -1.82. The van der Waals surface area contributed by atoms with Crippen molar-refractivity contribution in [1.82, 2.24) is 0 Å². The lowest BCUT2D eigenvalue weighted by molar-refractivity contribution is -0.112. The Kier molecular flexibility index (Phi) is 2.44. The van der Waals surface area contributed by atoms with Crippen LogP contribution < -0.4 is 5.73 Å². The Morgan fingerprint density at radius 2 is 2.08 bits per heavy atom. The first-order valence-corrected chi connectivity index (χ1v) is 3.26. The number of amides is 1. The van der Waals surface area contributed by atoms with Crippen molar-refractivity contribution in [3.05, 3.63) is 35.6 Å². The number of halogens is 1. The zero-order valence-electron chi connectivity index (χ0n) is 6.17. The molecule has 1 amide bonds. The Balaban J connectivity index is 2.99. The minimum atomic E-state index is -0.766. The van der Waals surface area contributed by atoms with Crippen LogP contribution in [0.15, 0.2) is 24.3 Å². The molecule has 0 unspecified atom stereocenters. The maximum atomic E-state index is 12.8. The van der Waals surface area contributed by atoms with Crippen LogP contribution in [0.3, 0.4) is 0 Å². The molecule has 0 saturated carbocycles. The lowest BCUT2D eigenvalue weighted by Gasteiger charge is -1.89. The first-order chi connectivity index (χ1) is 5.70. The van der Waals surface area contributed by atoms with Gasteiger partial charge in [-0.3, -0.25) is 4.79 Å². The average molecular weight is 163 g/mol. The fraction of sp³-hybridized carbons (Fsp3) is 0. The highest BCUT2D eigenvalue weighted by Crippen LogP contribution is 2.03. The van der Waals surface area contributed by atoms with E-state index in [9.17, 15) is 9.18 Å². The van der Waals surface area contributed by atoms with Crippen LogP contribution in [-0.4, -0.2) is 5.91 Å². The Bertz CT molecular complexity index is 362. The summed E-state index contributed by atoms with van der Waals surface area (Å²) < 4.78 is 12.8. The molecule has 0 spiro atoms. The molecule has 0 radical (unpaired) electrons. The van der Waals surface area contributed by atoms with E-state index in [1.165, 1.54) is 12.1 Å². The second-order valence-corrected chi connectivity index (χ2v) is 2.09. The minimum absolute atomic E-state index is 0.177. The summed E-state index contributed by atoms with van der Waals surface area (Å²) in [5, 5.41) is 0. The van der Waals surface area contributed by atoms with Gasteiger partial charge in [0.1, 0.15) is 5.82 Å². The van der Waals surface area contributed by atoms with E-state index in [0.717, 1.165) is 0 Å². The van der Waals surface area contributed by atoms with Crippen LogP contribution in [0.4, 0.5) is 4.39 Å². The summed E-state index contributed by atoms with van der Waals surface area (Å²) in [5.41, 5.74) is 4.93. The highest BCUT2D eigenvalue weighted by atomic mass is 19.1. The van der Waals surface area contributed by atoms with Gasteiger partial charge in [0.15, 0.2) is 0 Å². The molecule has 2 nitrogen and oxygen atoms in total. The summed E-state index contributed by atoms with van der Waals surface area (Å²) in [7, 11) is 0. The van der Waals surface area contributed by atoms with E-state index in [2.05, 4.69) is 11.8 Å². The summed E-state index contributed by atoms with van der Waals surface area (Å²) in [4.78, 5) is 10.2. The van der Waals surface area contributed by atoms with Gasteiger partial charge in [0.2, 0.25) is 0 Å². The molecular formula is C9H6FNO. The zero-order chi connectivity index (χ0) is 8.97. The molecule has 0 atom stereocenters. The smallest absolute Gasteiger partial charge is 0.293 e. The number of rotatable bonds is 0. The lowest BCUT2D eigenvalue weighted by Crippen LogP contribution is -2.06. The highest BCUT2D eigenvalue weighted by Gasteiger charge is 1.94. The molecule has 0 fully saturated rings. The molecule has 60 valence electrons. The third-order valence-electron chi connectivity index (χ3n) is 1.19. The van der Waals surface area contributed by atoms with E-state index in [1.807, 2.05) is 0 Å². The molecule has 2 N–H and O–H groups in total. The lowest BCUT2D eigenvalue weighted by atomic mass is 10.2. The predicted molar refractivity (Wildman–Crippen MR) is 42.5 cm³/mol. The van der Waals surface area contributed by atoms with Gasteiger partial charge in [0.25, 0.3) is 5.91 Å². The fourth-order valence-electron chi connectivity index (χ4n) is 0.692. The fourth-order valence-corrected chi connectivity index (χ4v) is 0.692. The van der Waals surface area contributed by atoms with Gasteiger partial charge in [-0.05, 0) is 12.1 Å². The highest BCUT2D eigenvalue weighted by molar-refractivity contribution is 5.92. The van der Waals surface area contributed by atoms with Crippen LogP contribution >= 0.6 is 0 Å². The SMILES string of the molecule is NC(=O)C#Cc1ccccc1F. The number of carbonyl (C=O) groups excluding carboxylic acids is 1. The van der Waals surface area contributed by atoms with E-state index >= 15 is 0 Å². The van der Waals surface area contributed by atoms with Crippen LogP contribution in [0.5, 0.6) is 0 Å². The van der Waals surface area contributed by atoms with Crippen molar-refractivity contribution in [3.8, 4) is 11.8 Å². The van der Waals surface area contributed by atoms with Gasteiger partial charge in [-0.15, -0.1) is 0 Å². The average Bonchev–Trinajstić information content (AvgIpc) is 2.03. The van der Waals surface area contributed by atoms with Crippen molar-refractivity contribution in [1.29, 1.82) is 0 Å². The second kappa shape index (κ2) is 3.54. The quantitative estimate of drug-likeness (QED) is 0.561. The van der Waals surface area contributed by atoms with E-state index in [4.69, 9.17) is 5.73 Å². The van der Waals surface area contributed by atoms with Crippen molar-refractivity contribution in [3.63, 3.8) is 0 Å². The monoisotopic (exact) mass is 163 g/mol. The maximum Gasteiger partial charge on any atom is 0.293 e.